The van der Waals surface area contributed by atoms with Crippen LogP contribution in [0.3, 0.4) is 0 Å². The molecule has 4 heteroatoms. The van der Waals surface area contributed by atoms with Gasteiger partial charge in [-0.2, -0.15) is 0 Å². The van der Waals surface area contributed by atoms with E-state index in [1.54, 1.807) is 0 Å². The van der Waals surface area contributed by atoms with Crippen molar-refractivity contribution < 1.29 is 13.2 Å². The first-order valence-corrected chi connectivity index (χ1v) is 4.66. The molecule has 10 heavy (non-hydrogen) atoms. The molecule has 1 rings (SSSR count). The highest BCUT2D eigenvalue weighted by Gasteiger charge is 2.35. The van der Waals surface area contributed by atoms with E-state index in [-0.39, 0.29) is 5.75 Å². The summed E-state index contributed by atoms with van der Waals surface area (Å²) in [5.74, 6) is -0.201. The van der Waals surface area contributed by atoms with E-state index in [4.69, 9.17) is 4.55 Å². The summed E-state index contributed by atoms with van der Waals surface area (Å²) < 4.78 is 31.9. The summed E-state index contributed by atoms with van der Waals surface area (Å²) in [5.41, 5.74) is -1.33. The van der Waals surface area contributed by atoms with Gasteiger partial charge < -0.3 is 4.55 Å². The maximum Gasteiger partial charge on any atom is 0.156 e. The van der Waals surface area contributed by atoms with Gasteiger partial charge in [0.15, 0.2) is 11.1 Å². The van der Waals surface area contributed by atoms with Crippen LogP contribution in [0.2, 0.25) is 0 Å². The molecule has 1 fully saturated rings. The van der Waals surface area contributed by atoms with Crippen LogP contribution in [-0.2, 0) is 11.1 Å². The lowest BCUT2D eigenvalue weighted by Gasteiger charge is -2.15. The SMILES string of the molecule is O=S(O)CC1(F)CCCC1. The largest absolute Gasteiger partial charge is 0.306 e. The number of hydrogen-bond donors (Lipinski definition) is 1. The van der Waals surface area contributed by atoms with Gasteiger partial charge in [-0.1, -0.05) is 12.8 Å². The molecule has 0 aromatic heterocycles. The minimum Gasteiger partial charge on any atom is -0.306 e. The Balaban J connectivity index is 2.43. The summed E-state index contributed by atoms with van der Waals surface area (Å²) in [6, 6.07) is 0. The minimum absolute atomic E-state index is 0.201. The van der Waals surface area contributed by atoms with Crippen molar-refractivity contribution in [2.75, 3.05) is 5.75 Å². The van der Waals surface area contributed by atoms with Gasteiger partial charge in [0.1, 0.15) is 5.67 Å². The Hall–Kier alpha value is 0.0400. The van der Waals surface area contributed by atoms with Gasteiger partial charge in [-0.05, 0) is 12.8 Å². The molecular formula is C6H11FO2S. The molecule has 1 saturated carbocycles. The van der Waals surface area contributed by atoms with Crippen LogP contribution in [0.1, 0.15) is 25.7 Å². The van der Waals surface area contributed by atoms with Crippen molar-refractivity contribution >= 4 is 11.1 Å². The smallest absolute Gasteiger partial charge is 0.156 e. The summed E-state index contributed by atoms with van der Waals surface area (Å²) in [6.45, 7) is 0. The van der Waals surface area contributed by atoms with Crippen molar-refractivity contribution in [3.63, 3.8) is 0 Å². The lowest BCUT2D eigenvalue weighted by atomic mass is 10.1. The molecule has 0 heterocycles. The number of halogens is 1. The zero-order valence-electron chi connectivity index (χ0n) is 5.68. The highest BCUT2D eigenvalue weighted by atomic mass is 32.2. The molecule has 0 radical (unpaired) electrons. The van der Waals surface area contributed by atoms with Gasteiger partial charge in [-0.15, -0.1) is 0 Å². The molecule has 1 N–H and O–H groups in total. The van der Waals surface area contributed by atoms with Gasteiger partial charge in [-0.25, -0.2) is 8.60 Å². The lowest BCUT2D eigenvalue weighted by Crippen LogP contribution is -2.25. The Kier molecular flexibility index (Phi) is 2.41. The molecule has 2 nitrogen and oxygen atoms in total. The number of rotatable bonds is 2. The second-order valence-corrected chi connectivity index (χ2v) is 3.76. The van der Waals surface area contributed by atoms with E-state index in [0.29, 0.717) is 12.8 Å². The fourth-order valence-electron chi connectivity index (χ4n) is 1.37. The van der Waals surface area contributed by atoms with Crippen LogP contribution in [0, 0.1) is 0 Å². The molecule has 1 atom stereocenters. The zero-order chi connectivity index (χ0) is 7.61. The predicted octanol–water partition coefficient (Wildman–Crippen LogP) is 1.49. The predicted molar refractivity (Wildman–Crippen MR) is 37.9 cm³/mol. The normalized spacial score (nSPS) is 26.6. The molecule has 0 spiro atoms. The molecule has 0 aliphatic heterocycles. The molecule has 0 aromatic rings. The van der Waals surface area contributed by atoms with E-state index >= 15 is 0 Å². The van der Waals surface area contributed by atoms with Crippen LogP contribution < -0.4 is 0 Å². The topological polar surface area (TPSA) is 37.3 Å². The van der Waals surface area contributed by atoms with Crippen LogP contribution in [0.4, 0.5) is 4.39 Å². The lowest BCUT2D eigenvalue weighted by molar-refractivity contribution is 0.202. The summed E-state index contributed by atoms with van der Waals surface area (Å²) >= 11 is -1.97. The first kappa shape index (κ1) is 8.14. The fourth-order valence-corrected chi connectivity index (χ4v) is 2.11. The Morgan fingerprint density at radius 2 is 2.00 bits per heavy atom. The fraction of sp³-hybridized carbons (Fsp3) is 1.00. The van der Waals surface area contributed by atoms with E-state index in [9.17, 15) is 8.60 Å². The van der Waals surface area contributed by atoms with Crippen LogP contribution in [0.25, 0.3) is 0 Å². The van der Waals surface area contributed by atoms with E-state index in [1.807, 2.05) is 0 Å². The van der Waals surface area contributed by atoms with E-state index < -0.39 is 16.7 Å². The van der Waals surface area contributed by atoms with Gasteiger partial charge in [-0.3, -0.25) is 0 Å². The van der Waals surface area contributed by atoms with E-state index in [2.05, 4.69) is 0 Å². The van der Waals surface area contributed by atoms with Crippen molar-refractivity contribution in [3.05, 3.63) is 0 Å². The highest BCUT2D eigenvalue weighted by molar-refractivity contribution is 7.79. The average molecular weight is 166 g/mol. The van der Waals surface area contributed by atoms with Crippen molar-refractivity contribution in [1.82, 2.24) is 0 Å². The molecule has 0 bridgehead atoms. The zero-order valence-corrected chi connectivity index (χ0v) is 6.49. The molecular weight excluding hydrogens is 155 g/mol. The van der Waals surface area contributed by atoms with Crippen molar-refractivity contribution in [3.8, 4) is 0 Å². The van der Waals surface area contributed by atoms with Crippen molar-refractivity contribution in [1.29, 1.82) is 0 Å². The summed E-state index contributed by atoms with van der Waals surface area (Å²) in [5, 5.41) is 0. The van der Waals surface area contributed by atoms with Gasteiger partial charge in [0, 0.05) is 0 Å². The first-order chi connectivity index (χ1) is 4.62. The van der Waals surface area contributed by atoms with E-state index in [1.165, 1.54) is 0 Å². The average Bonchev–Trinajstić information content (AvgIpc) is 2.12. The second-order valence-electron chi connectivity index (χ2n) is 2.82. The van der Waals surface area contributed by atoms with Gasteiger partial charge in [0.05, 0.1) is 5.75 Å². The Morgan fingerprint density at radius 3 is 2.40 bits per heavy atom. The van der Waals surface area contributed by atoms with Gasteiger partial charge in [0.25, 0.3) is 0 Å². The quantitative estimate of drug-likeness (QED) is 0.631. The third kappa shape index (κ3) is 2.02. The first-order valence-electron chi connectivity index (χ1n) is 3.39. The van der Waals surface area contributed by atoms with Crippen molar-refractivity contribution in [2.24, 2.45) is 0 Å². The third-order valence-electron chi connectivity index (χ3n) is 1.88. The minimum atomic E-state index is -1.97. The maximum atomic E-state index is 13.2. The highest BCUT2D eigenvalue weighted by Crippen LogP contribution is 2.33. The van der Waals surface area contributed by atoms with Gasteiger partial charge in [0.2, 0.25) is 0 Å². The van der Waals surface area contributed by atoms with Crippen LogP contribution in [0.15, 0.2) is 0 Å². The monoisotopic (exact) mass is 166 g/mol. The molecule has 0 amide bonds. The number of hydrogen-bond acceptors (Lipinski definition) is 1. The number of alkyl halides is 1. The van der Waals surface area contributed by atoms with Crippen LogP contribution in [-0.4, -0.2) is 20.2 Å². The molecule has 60 valence electrons. The van der Waals surface area contributed by atoms with Crippen molar-refractivity contribution in [2.45, 2.75) is 31.4 Å². The van der Waals surface area contributed by atoms with E-state index in [0.717, 1.165) is 12.8 Å². The second kappa shape index (κ2) is 2.96. The van der Waals surface area contributed by atoms with Crippen LogP contribution >= 0.6 is 0 Å². The summed E-state index contributed by atoms with van der Waals surface area (Å²) in [4.78, 5) is 0. The molecule has 0 aromatic carbocycles. The van der Waals surface area contributed by atoms with Crippen LogP contribution in [0.5, 0.6) is 0 Å². The Bertz CT molecular complexity index is 143. The summed E-state index contributed by atoms with van der Waals surface area (Å²) in [6.07, 6.45) is 2.62. The molecule has 1 unspecified atom stereocenters. The molecule has 0 saturated heterocycles. The Morgan fingerprint density at radius 1 is 1.50 bits per heavy atom. The maximum absolute atomic E-state index is 13.2. The Labute approximate surface area is 62.1 Å². The standard InChI is InChI=1S/C6H11FO2S/c7-6(5-10(8)9)3-1-2-4-6/h1-5H2,(H,8,9). The molecule has 1 aliphatic carbocycles. The molecule has 1 aliphatic rings. The summed E-state index contributed by atoms with van der Waals surface area (Å²) in [7, 11) is 0. The van der Waals surface area contributed by atoms with Gasteiger partial charge >= 0.3 is 0 Å². The third-order valence-corrected chi connectivity index (χ3v) is 2.65.